The number of carbonyl (C=O) groups is 1. The molecule has 3 nitrogen and oxygen atoms in total. The molecule has 0 spiro atoms. The van der Waals surface area contributed by atoms with E-state index in [1.54, 1.807) is 0 Å². The maximum Gasteiger partial charge on any atom is 0.516 e. The highest BCUT2D eigenvalue weighted by Crippen LogP contribution is 2.12. The summed E-state index contributed by atoms with van der Waals surface area (Å²) in [6.45, 7) is 11.5. The van der Waals surface area contributed by atoms with Crippen molar-refractivity contribution in [1.29, 1.82) is 0 Å². The number of nitrogens with zero attached hydrogens (tertiary/aromatic N) is 1. The van der Waals surface area contributed by atoms with E-state index in [0.29, 0.717) is 11.1 Å². The SMILES string of the molecule is CCCCCCCCCCCCOC(=O)[N+](CC)(CC)CC. The molecule has 0 aromatic heterocycles. The van der Waals surface area contributed by atoms with E-state index in [9.17, 15) is 4.79 Å². The van der Waals surface area contributed by atoms with Crippen LogP contribution in [-0.4, -0.2) is 36.8 Å². The molecule has 0 aromatic rings. The minimum absolute atomic E-state index is 0.0385. The topological polar surface area (TPSA) is 26.3 Å². The van der Waals surface area contributed by atoms with Crippen LogP contribution in [0, 0.1) is 0 Å². The van der Waals surface area contributed by atoms with Crippen molar-refractivity contribution >= 4 is 6.09 Å². The minimum atomic E-state index is -0.0385. The first kappa shape index (κ1) is 21.4. The molecule has 132 valence electrons. The fourth-order valence-electron chi connectivity index (χ4n) is 2.94. The highest BCUT2D eigenvalue weighted by atomic mass is 16.6. The molecule has 0 aliphatic heterocycles. The third-order valence-electron chi connectivity index (χ3n) is 4.93. The maximum absolute atomic E-state index is 12.2. The van der Waals surface area contributed by atoms with Gasteiger partial charge in [-0.25, -0.2) is 4.48 Å². The minimum Gasteiger partial charge on any atom is -0.420 e. The second-order valence-electron chi connectivity index (χ2n) is 6.39. The monoisotopic (exact) mass is 314 g/mol. The average Bonchev–Trinajstić information content (AvgIpc) is 2.55. The van der Waals surface area contributed by atoms with Gasteiger partial charge in [-0.2, -0.15) is 4.79 Å². The van der Waals surface area contributed by atoms with Crippen LogP contribution >= 0.6 is 0 Å². The van der Waals surface area contributed by atoms with Gasteiger partial charge in [-0.15, -0.1) is 0 Å². The van der Waals surface area contributed by atoms with E-state index in [4.69, 9.17) is 4.74 Å². The summed E-state index contributed by atoms with van der Waals surface area (Å²) in [5.41, 5.74) is 0. The Labute approximate surface area is 139 Å². The van der Waals surface area contributed by atoms with Crippen LogP contribution in [0.25, 0.3) is 0 Å². The summed E-state index contributed by atoms with van der Waals surface area (Å²) in [4.78, 5) is 12.2. The van der Waals surface area contributed by atoms with Gasteiger partial charge in [0.25, 0.3) is 0 Å². The van der Waals surface area contributed by atoms with Crippen molar-refractivity contribution in [2.75, 3.05) is 26.2 Å². The number of rotatable bonds is 14. The van der Waals surface area contributed by atoms with Gasteiger partial charge in [0.05, 0.1) is 26.2 Å². The largest absolute Gasteiger partial charge is 0.516 e. The van der Waals surface area contributed by atoms with E-state index in [-0.39, 0.29) is 6.09 Å². The van der Waals surface area contributed by atoms with Gasteiger partial charge in [-0.1, -0.05) is 64.7 Å². The quantitative estimate of drug-likeness (QED) is 0.294. The van der Waals surface area contributed by atoms with Gasteiger partial charge in [-0.05, 0) is 27.2 Å². The molecule has 0 bridgehead atoms. The zero-order valence-corrected chi connectivity index (χ0v) is 15.7. The summed E-state index contributed by atoms with van der Waals surface area (Å²) in [6, 6.07) is 0. The first-order valence-electron chi connectivity index (χ1n) is 9.70. The molecule has 0 aliphatic rings. The van der Waals surface area contributed by atoms with Crippen LogP contribution in [-0.2, 0) is 4.74 Å². The van der Waals surface area contributed by atoms with E-state index in [2.05, 4.69) is 27.7 Å². The van der Waals surface area contributed by atoms with Crippen LogP contribution in [0.5, 0.6) is 0 Å². The molecule has 1 amide bonds. The molecular weight excluding hydrogens is 274 g/mol. The van der Waals surface area contributed by atoms with Crippen LogP contribution in [0.3, 0.4) is 0 Å². The third-order valence-corrected chi connectivity index (χ3v) is 4.93. The van der Waals surface area contributed by atoms with Gasteiger partial charge in [0.1, 0.15) is 0 Å². The Morgan fingerprint density at radius 2 is 1.09 bits per heavy atom. The van der Waals surface area contributed by atoms with Crippen molar-refractivity contribution in [3.63, 3.8) is 0 Å². The van der Waals surface area contributed by atoms with Gasteiger partial charge in [0, 0.05) is 0 Å². The summed E-state index contributed by atoms with van der Waals surface area (Å²) < 4.78 is 5.94. The van der Waals surface area contributed by atoms with Gasteiger partial charge in [0.2, 0.25) is 0 Å². The number of quaternary nitrogens is 1. The van der Waals surface area contributed by atoms with Crippen molar-refractivity contribution in [2.24, 2.45) is 0 Å². The summed E-state index contributed by atoms with van der Waals surface area (Å²) in [6.07, 6.45) is 13.0. The maximum atomic E-state index is 12.2. The van der Waals surface area contributed by atoms with Crippen LogP contribution < -0.4 is 0 Å². The summed E-state index contributed by atoms with van der Waals surface area (Å²) in [7, 11) is 0. The van der Waals surface area contributed by atoms with Gasteiger partial charge in [-0.3, -0.25) is 0 Å². The smallest absolute Gasteiger partial charge is 0.420 e. The normalized spacial score (nSPS) is 11.6. The first-order chi connectivity index (χ1) is 10.7. The molecular formula is C19H40NO2+. The van der Waals surface area contributed by atoms with Crippen molar-refractivity contribution in [1.82, 2.24) is 0 Å². The highest BCUT2D eigenvalue weighted by Gasteiger charge is 2.33. The van der Waals surface area contributed by atoms with Crippen LogP contribution in [0.2, 0.25) is 0 Å². The second kappa shape index (κ2) is 14.0. The Hall–Kier alpha value is -0.570. The molecule has 0 rings (SSSR count). The van der Waals surface area contributed by atoms with E-state index >= 15 is 0 Å². The predicted octanol–water partition coefficient (Wildman–Crippen LogP) is 5.92. The van der Waals surface area contributed by atoms with E-state index < -0.39 is 0 Å². The third kappa shape index (κ3) is 8.77. The molecule has 0 aromatic carbocycles. The summed E-state index contributed by atoms with van der Waals surface area (Å²) in [5.74, 6) is 0. The Morgan fingerprint density at radius 1 is 0.682 bits per heavy atom. The lowest BCUT2D eigenvalue weighted by molar-refractivity contribution is -0.852. The molecule has 3 heteroatoms. The average molecular weight is 315 g/mol. The molecule has 0 N–H and O–H groups in total. The van der Waals surface area contributed by atoms with Crippen LogP contribution in [0.1, 0.15) is 91.9 Å². The number of hydrogen-bond acceptors (Lipinski definition) is 2. The van der Waals surface area contributed by atoms with E-state index in [1.165, 1.54) is 57.8 Å². The number of ether oxygens (including phenoxy) is 1. The Balaban J connectivity index is 3.51. The summed E-state index contributed by atoms with van der Waals surface area (Å²) >= 11 is 0. The van der Waals surface area contributed by atoms with Crippen molar-refractivity contribution < 1.29 is 14.0 Å². The van der Waals surface area contributed by atoms with Crippen molar-refractivity contribution in [3.8, 4) is 0 Å². The van der Waals surface area contributed by atoms with Crippen LogP contribution in [0.4, 0.5) is 4.79 Å². The van der Waals surface area contributed by atoms with Crippen LogP contribution in [0.15, 0.2) is 0 Å². The Morgan fingerprint density at radius 3 is 1.50 bits per heavy atom. The van der Waals surface area contributed by atoms with Gasteiger partial charge >= 0.3 is 6.09 Å². The zero-order chi connectivity index (χ0) is 16.7. The molecule has 0 radical (unpaired) electrons. The number of hydrogen-bond donors (Lipinski definition) is 0. The standard InChI is InChI=1S/C19H40NO2/c1-5-9-10-11-12-13-14-15-16-17-18-22-19(21)20(6-2,7-3)8-4/h5-18H2,1-4H3/q+1. The molecule has 0 saturated carbocycles. The Bertz CT molecular complexity index is 254. The lowest BCUT2D eigenvalue weighted by atomic mass is 10.1. The fourth-order valence-corrected chi connectivity index (χ4v) is 2.94. The molecule has 0 aliphatic carbocycles. The lowest BCUT2D eigenvalue weighted by Gasteiger charge is -2.30. The molecule has 22 heavy (non-hydrogen) atoms. The molecule has 0 heterocycles. The van der Waals surface area contributed by atoms with Gasteiger partial charge in [0.15, 0.2) is 0 Å². The molecule has 0 unspecified atom stereocenters. The van der Waals surface area contributed by atoms with Gasteiger partial charge < -0.3 is 4.74 Å². The summed E-state index contributed by atoms with van der Waals surface area (Å²) in [5, 5.41) is 0. The number of carbonyl (C=O) groups excluding carboxylic acids is 1. The fraction of sp³-hybridized carbons (Fsp3) is 0.947. The highest BCUT2D eigenvalue weighted by molar-refractivity contribution is 5.59. The zero-order valence-electron chi connectivity index (χ0n) is 15.7. The second-order valence-corrected chi connectivity index (χ2v) is 6.39. The predicted molar refractivity (Wildman–Crippen MR) is 95.1 cm³/mol. The number of unbranched alkanes of at least 4 members (excludes halogenated alkanes) is 9. The molecule has 0 atom stereocenters. The number of amides is 1. The van der Waals surface area contributed by atoms with Crippen molar-refractivity contribution in [2.45, 2.75) is 91.9 Å². The van der Waals surface area contributed by atoms with E-state index in [1.807, 2.05) is 0 Å². The van der Waals surface area contributed by atoms with E-state index in [0.717, 1.165) is 26.1 Å². The molecule has 0 saturated heterocycles. The first-order valence-corrected chi connectivity index (χ1v) is 9.70. The van der Waals surface area contributed by atoms with Crippen molar-refractivity contribution in [3.05, 3.63) is 0 Å². The Kier molecular flexibility index (Phi) is 13.7. The lowest BCUT2D eigenvalue weighted by Crippen LogP contribution is -2.52. The molecule has 0 fully saturated rings.